The molecule has 0 aliphatic carbocycles. The summed E-state index contributed by atoms with van der Waals surface area (Å²) in [7, 11) is 3.42. The molecular formula is C16H28N4O3. The van der Waals surface area contributed by atoms with Crippen LogP contribution in [0.2, 0.25) is 0 Å². The Kier molecular flexibility index (Phi) is 5.75. The molecule has 23 heavy (non-hydrogen) atoms. The van der Waals surface area contributed by atoms with Gasteiger partial charge in [0.05, 0.1) is 18.6 Å². The fourth-order valence-electron chi connectivity index (χ4n) is 2.92. The van der Waals surface area contributed by atoms with Gasteiger partial charge in [0.1, 0.15) is 0 Å². The predicted octanol–water partition coefficient (Wildman–Crippen LogP) is 1.07. The van der Waals surface area contributed by atoms with Crippen molar-refractivity contribution < 1.29 is 14.4 Å². The van der Waals surface area contributed by atoms with Gasteiger partial charge in [-0.1, -0.05) is 19.0 Å². The van der Waals surface area contributed by atoms with Crippen LogP contribution in [-0.4, -0.2) is 63.7 Å². The number of hydrogen-bond acceptors (Lipinski definition) is 6. The molecule has 1 N–H and O–H groups in total. The molecule has 0 bridgehead atoms. The highest BCUT2D eigenvalue weighted by atomic mass is 16.5. The van der Waals surface area contributed by atoms with Crippen molar-refractivity contribution in [3.63, 3.8) is 0 Å². The van der Waals surface area contributed by atoms with E-state index in [0.29, 0.717) is 31.3 Å². The highest BCUT2D eigenvalue weighted by molar-refractivity contribution is 5.76. The van der Waals surface area contributed by atoms with Crippen LogP contribution in [0, 0.1) is 5.92 Å². The normalized spacial score (nSPS) is 22.5. The molecule has 1 atom stereocenters. The van der Waals surface area contributed by atoms with E-state index in [1.54, 1.807) is 14.1 Å². The molecule has 1 saturated heterocycles. The lowest BCUT2D eigenvalue weighted by Crippen LogP contribution is -2.50. The molecule has 2 rings (SSSR count). The maximum Gasteiger partial charge on any atom is 0.240 e. The standard InChI is InChI=1S/C16H28N4O3/c1-12(2)8-13-17-14(23-18-13)10-20-7-5-6-16(22,11-20)9-15(21)19(3)4/h12,22H,5-11H2,1-4H3. The highest BCUT2D eigenvalue weighted by Gasteiger charge is 2.36. The minimum atomic E-state index is -0.972. The second kappa shape index (κ2) is 7.40. The van der Waals surface area contributed by atoms with Gasteiger partial charge in [-0.05, 0) is 25.3 Å². The van der Waals surface area contributed by atoms with E-state index in [2.05, 4.69) is 28.9 Å². The third kappa shape index (κ3) is 5.28. The second-order valence-corrected chi connectivity index (χ2v) is 7.21. The molecule has 0 aromatic carbocycles. The molecule has 2 heterocycles. The molecule has 1 aromatic heterocycles. The van der Waals surface area contributed by atoms with Gasteiger partial charge in [-0.15, -0.1) is 0 Å². The zero-order chi connectivity index (χ0) is 17.0. The molecule has 130 valence electrons. The SMILES string of the molecule is CC(C)Cc1noc(CN2CCCC(O)(CC(=O)N(C)C)C2)n1. The van der Waals surface area contributed by atoms with Crippen molar-refractivity contribution in [2.75, 3.05) is 27.2 Å². The molecule has 1 aliphatic heterocycles. The van der Waals surface area contributed by atoms with Crippen molar-refractivity contribution >= 4 is 5.91 Å². The predicted molar refractivity (Wildman–Crippen MR) is 85.6 cm³/mol. The van der Waals surface area contributed by atoms with Crippen LogP contribution in [0.15, 0.2) is 4.52 Å². The smallest absolute Gasteiger partial charge is 0.240 e. The Hall–Kier alpha value is -1.47. The van der Waals surface area contributed by atoms with Crippen LogP contribution in [0.4, 0.5) is 0 Å². The van der Waals surface area contributed by atoms with Gasteiger partial charge < -0.3 is 14.5 Å². The van der Waals surface area contributed by atoms with Gasteiger partial charge in [0, 0.05) is 27.1 Å². The average Bonchev–Trinajstić information content (AvgIpc) is 2.84. The Morgan fingerprint density at radius 3 is 2.87 bits per heavy atom. The van der Waals surface area contributed by atoms with E-state index in [0.717, 1.165) is 25.2 Å². The van der Waals surface area contributed by atoms with Gasteiger partial charge in [-0.3, -0.25) is 9.69 Å². The summed E-state index contributed by atoms with van der Waals surface area (Å²) < 4.78 is 5.30. The molecule has 1 amide bonds. The van der Waals surface area contributed by atoms with E-state index in [1.165, 1.54) is 4.90 Å². The van der Waals surface area contributed by atoms with E-state index in [1.807, 2.05) is 0 Å². The van der Waals surface area contributed by atoms with Gasteiger partial charge in [-0.2, -0.15) is 4.98 Å². The van der Waals surface area contributed by atoms with E-state index in [9.17, 15) is 9.90 Å². The summed E-state index contributed by atoms with van der Waals surface area (Å²) in [6.07, 6.45) is 2.44. The lowest BCUT2D eigenvalue weighted by atomic mass is 9.89. The molecule has 0 spiro atoms. The third-order valence-electron chi connectivity index (χ3n) is 4.07. The summed E-state index contributed by atoms with van der Waals surface area (Å²) in [5.74, 6) is 1.73. The number of nitrogens with zero attached hydrogens (tertiary/aromatic N) is 4. The van der Waals surface area contributed by atoms with Crippen LogP contribution in [0.1, 0.15) is 44.8 Å². The first kappa shape index (κ1) is 17.9. The van der Waals surface area contributed by atoms with Gasteiger partial charge in [-0.25, -0.2) is 0 Å². The number of piperidine rings is 1. The topological polar surface area (TPSA) is 82.7 Å². The molecule has 1 aliphatic rings. The van der Waals surface area contributed by atoms with Crippen LogP contribution in [0.25, 0.3) is 0 Å². The molecule has 0 radical (unpaired) electrons. The maximum absolute atomic E-state index is 11.9. The monoisotopic (exact) mass is 324 g/mol. The summed E-state index contributed by atoms with van der Waals surface area (Å²) in [6.45, 7) is 6.06. The van der Waals surface area contributed by atoms with Gasteiger partial charge in [0.2, 0.25) is 11.8 Å². The third-order valence-corrected chi connectivity index (χ3v) is 4.07. The molecule has 1 unspecified atom stereocenters. The minimum absolute atomic E-state index is 0.0497. The molecule has 7 heteroatoms. The van der Waals surface area contributed by atoms with Crippen molar-refractivity contribution in [1.29, 1.82) is 0 Å². The van der Waals surface area contributed by atoms with Gasteiger partial charge in [0.15, 0.2) is 5.82 Å². The van der Waals surface area contributed by atoms with Crippen molar-refractivity contribution in [2.45, 2.75) is 51.7 Å². The first-order valence-corrected chi connectivity index (χ1v) is 8.24. The number of amides is 1. The number of aliphatic hydroxyl groups is 1. The minimum Gasteiger partial charge on any atom is -0.388 e. The number of hydrogen-bond donors (Lipinski definition) is 1. The summed E-state index contributed by atoms with van der Waals surface area (Å²) in [5.41, 5.74) is -0.972. The number of rotatable bonds is 6. The van der Waals surface area contributed by atoms with Crippen LogP contribution in [-0.2, 0) is 17.8 Å². The summed E-state index contributed by atoms with van der Waals surface area (Å²) in [5, 5.41) is 14.7. The molecule has 0 saturated carbocycles. The number of β-amino-alcohol motifs (C(OH)–C–C–N with tert-alkyl or cyclic N) is 1. The summed E-state index contributed by atoms with van der Waals surface area (Å²) in [6, 6.07) is 0. The highest BCUT2D eigenvalue weighted by Crippen LogP contribution is 2.26. The molecule has 1 fully saturated rings. The van der Waals surface area contributed by atoms with Crippen molar-refractivity contribution in [3.8, 4) is 0 Å². The number of carbonyl (C=O) groups is 1. The second-order valence-electron chi connectivity index (χ2n) is 7.21. The Morgan fingerprint density at radius 1 is 1.48 bits per heavy atom. The van der Waals surface area contributed by atoms with Crippen LogP contribution < -0.4 is 0 Å². The number of carbonyl (C=O) groups excluding carboxylic acids is 1. The zero-order valence-electron chi connectivity index (χ0n) is 14.6. The fraction of sp³-hybridized carbons (Fsp3) is 0.812. The van der Waals surface area contributed by atoms with Crippen LogP contribution >= 0.6 is 0 Å². The van der Waals surface area contributed by atoms with Crippen molar-refractivity contribution in [2.24, 2.45) is 5.92 Å². The number of likely N-dealkylation sites (tertiary alicyclic amines) is 1. The summed E-state index contributed by atoms with van der Waals surface area (Å²) in [4.78, 5) is 19.9. The Bertz CT molecular complexity index is 529. The van der Waals surface area contributed by atoms with Gasteiger partial charge in [0.25, 0.3) is 0 Å². The van der Waals surface area contributed by atoms with E-state index in [4.69, 9.17) is 4.52 Å². The lowest BCUT2D eigenvalue weighted by Gasteiger charge is -2.38. The Labute approximate surface area is 137 Å². The molecule has 7 nitrogen and oxygen atoms in total. The first-order valence-electron chi connectivity index (χ1n) is 8.24. The Morgan fingerprint density at radius 2 is 2.22 bits per heavy atom. The molecule has 1 aromatic rings. The van der Waals surface area contributed by atoms with Crippen molar-refractivity contribution in [3.05, 3.63) is 11.7 Å². The quantitative estimate of drug-likeness (QED) is 0.843. The van der Waals surface area contributed by atoms with Gasteiger partial charge >= 0.3 is 0 Å². The van der Waals surface area contributed by atoms with E-state index in [-0.39, 0.29) is 12.3 Å². The lowest BCUT2D eigenvalue weighted by molar-refractivity contribution is -0.136. The maximum atomic E-state index is 11.9. The first-order chi connectivity index (χ1) is 10.8. The zero-order valence-corrected chi connectivity index (χ0v) is 14.6. The largest absolute Gasteiger partial charge is 0.388 e. The average molecular weight is 324 g/mol. The van der Waals surface area contributed by atoms with E-state index >= 15 is 0 Å². The van der Waals surface area contributed by atoms with E-state index < -0.39 is 5.60 Å². The molecular weight excluding hydrogens is 296 g/mol. The summed E-state index contributed by atoms with van der Waals surface area (Å²) >= 11 is 0. The van der Waals surface area contributed by atoms with Crippen molar-refractivity contribution in [1.82, 2.24) is 19.9 Å². The fourth-order valence-corrected chi connectivity index (χ4v) is 2.92. The Balaban J connectivity index is 1.93. The van der Waals surface area contributed by atoms with Crippen LogP contribution in [0.5, 0.6) is 0 Å². The number of aromatic nitrogens is 2. The van der Waals surface area contributed by atoms with Crippen LogP contribution in [0.3, 0.4) is 0 Å².